The number of carbonyl (C=O) groups is 1. The Kier molecular flexibility index (Phi) is 7.05. The normalized spacial score (nSPS) is 15.9. The summed E-state index contributed by atoms with van der Waals surface area (Å²) in [7, 11) is -3.32. The number of nitrogens with one attached hydrogen (secondary N) is 1. The van der Waals surface area contributed by atoms with Gasteiger partial charge in [0.25, 0.3) is 0 Å². The molecule has 3 rings (SSSR count). The topological polar surface area (TPSA) is 68.1 Å². The molecule has 0 saturated carbocycles. The van der Waals surface area contributed by atoms with Crippen molar-refractivity contribution in [1.82, 2.24) is 4.31 Å². The molecular formula is C22H29N2O4S+. The number of ketones is 1. The SMILES string of the molecule is CCOc1ccc(C(C)=O)cc1C[NH+]1CCN(S(=O)(=O)Cc2ccccc2)CC1. The van der Waals surface area contributed by atoms with Crippen molar-refractivity contribution in [2.24, 2.45) is 0 Å². The minimum atomic E-state index is -3.32. The van der Waals surface area contributed by atoms with Crippen LogP contribution in [-0.4, -0.2) is 51.3 Å². The summed E-state index contributed by atoms with van der Waals surface area (Å²) in [4.78, 5) is 13.0. The van der Waals surface area contributed by atoms with Crippen LogP contribution in [0.4, 0.5) is 0 Å². The molecule has 1 aliphatic heterocycles. The van der Waals surface area contributed by atoms with Crippen LogP contribution >= 0.6 is 0 Å². The highest BCUT2D eigenvalue weighted by molar-refractivity contribution is 7.88. The smallest absolute Gasteiger partial charge is 0.218 e. The van der Waals surface area contributed by atoms with Crippen LogP contribution in [0, 0.1) is 0 Å². The first-order valence-electron chi connectivity index (χ1n) is 10.0. The molecule has 0 atom stereocenters. The van der Waals surface area contributed by atoms with E-state index >= 15 is 0 Å². The Hall–Kier alpha value is -2.22. The molecule has 0 amide bonds. The zero-order chi connectivity index (χ0) is 20.9. The Morgan fingerprint density at radius 3 is 2.41 bits per heavy atom. The molecule has 0 aliphatic carbocycles. The van der Waals surface area contributed by atoms with Gasteiger partial charge in [-0.05, 0) is 37.6 Å². The van der Waals surface area contributed by atoms with Crippen molar-refractivity contribution in [1.29, 1.82) is 0 Å². The van der Waals surface area contributed by atoms with Gasteiger partial charge < -0.3 is 9.64 Å². The lowest BCUT2D eigenvalue weighted by molar-refractivity contribution is -0.917. The summed E-state index contributed by atoms with van der Waals surface area (Å²) >= 11 is 0. The molecule has 1 N–H and O–H groups in total. The van der Waals surface area contributed by atoms with Crippen molar-refractivity contribution in [2.75, 3.05) is 32.8 Å². The Morgan fingerprint density at radius 1 is 1.10 bits per heavy atom. The number of hydrogen-bond donors (Lipinski definition) is 1. The second kappa shape index (κ2) is 9.52. The van der Waals surface area contributed by atoms with Crippen LogP contribution in [0.25, 0.3) is 0 Å². The molecule has 1 heterocycles. The fourth-order valence-corrected chi connectivity index (χ4v) is 5.17. The molecule has 0 unspecified atom stereocenters. The van der Waals surface area contributed by atoms with Gasteiger partial charge in [-0.1, -0.05) is 30.3 Å². The minimum Gasteiger partial charge on any atom is -0.493 e. The molecule has 6 nitrogen and oxygen atoms in total. The Bertz CT molecular complexity index is 937. The number of carbonyl (C=O) groups excluding carboxylic acids is 1. The number of quaternary nitrogens is 1. The lowest BCUT2D eigenvalue weighted by Gasteiger charge is -2.32. The summed E-state index contributed by atoms with van der Waals surface area (Å²) in [6, 6.07) is 14.8. The monoisotopic (exact) mass is 417 g/mol. The molecule has 1 aliphatic rings. The van der Waals surface area contributed by atoms with E-state index in [4.69, 9.17) is 4.74 Å². The molecule has 2 aromatic carbocycles. The third-order valence-corrected chi connectivity index (χ3v) is 7.07. The van der Waals surface area contributed by atoms with Crippen LogP contribution < -0.4 is 9.64 Å². The van der Waals surface area contributed by atoms with E-state index in [1.807, 2.05) is 49.4 Å². The fourth-order valence-electron chi connectivity index (χ4n) is 3.64. The van der Waals surface area contributed by atoms with Crippen LogP contribution in [0.1, 0.15) is 35.3 Å². The number of rotatable bonds is 8. The first-order chi connectivity index (χ1) is 13.9. The van der Waals surface area contributed by atoms with Crippen LogP contribution in [0.3, 0.4) is 0 Å². The first kappa shape index (κ1) is 21.5. The van der Waals surface area contributed by atoms with E-state index in [0.717, 1.165) is 30.0 Å². The summed E-state index contributed by atoms with van der Waals surface area (Å²) in [5.74, 6) is 0.864. The van der Waals surface area contributed by atoms with Gasteiger partial charge in [0.05, 0.1) is 38.5 Å². The molecule has 29 heavy (non-hydrogen) atoms. The molecule has 0 bridgehead atoms. The van der Waals surface area contributed by atoms with E-state index in [-0.39, 0.29) is 11.5 Å². The van der Waals surface area contributed by atoms with Gasteiger partial charge in [0.1, 0.15) is 12.3 Å². The number of hydrogen-bond acceptors (Lipinski definition) is 4. The molecular weight excluding hydrogens is 388 g/mol. The van der Waals surface area contributed by atoms with E-state index in [1.54, 1.807) is 17.3 Å². The van der Waals surface area contributed by atoms with Gasteiger partial charge in [0, 0.05) is 11.1 Å². The summed E-state index contributed by atoms with van der Waals surface area (Å²) in [5, 5.41) is 0. The van der Waals surface area contributed by atoms with Gasteiger partial charge in [0.15, 0.2) is 5.78 Å². The number of piperazine rings is 1. The lowest BCUT2D eigenvalue weighted by Crippen LogP contribution is -3.13. The van der Waals surface area contributed by atoms with Gasteiger partial charge in [-0.3, -0.25) is 4.79 Å². The molecule has 156 valence electrons. The highest BCUT2D eigenvalue weighted by Crippen LogP contribution is 2.20. The van der Waals surface area contributed by atoms with E-state index in [9.17, 15) is 13.2 Å². The van der Waals surface area contributed by atoms with Gasteiger partial charge in [-0.15, -0.1) is 0 Å². The van der Waals surface area contributed by atoms with E-state index < -0.39 is 10.0 Å². The standard InChI is InChI=1S/C22H28N2O4S/c1-3-28-22-10-9-20(18(2)25)15-21(22)16-23-11-13-24(14-12-23)29(26,27)17-19-7-5-4-6-8-19/h4-10,15H,3,11-14,16-17H2,1-2H3/p+1. The average molecular weight is 418 g/mol. The van der Waals surface area contributed by atoms with Crippen molar-refractivity contribution in [3.63, 3.8) is 0 Å². The molecule has 0 aromatic heterocycles. The van der Waals surface area contributed by atoms with Crippen molar-refractivity contribution >= 4 is 15.8 Å². The van der Waals surface area contributed by atoms with E-state index in [1.165, 1.54) is 4.90 Å². The zero-order valence-electron chi connectivity index (χ0n) is 17.1. The minimum absolute atomic E-state index is 0.0288. The maximum atomic E-state index is 12.7. The quantitative estimate of drug-likeness (QED) is 0.662. The predicted octanol–water partition coefficient (Wildman–Crippen LogP) is 1.52. The number of ether oxygens (including phenoxy) is 1. The first-order valence-corrected chi connectivity index (χ1v) is 11.6. The molecule has 7 heteroatoms. The number of nitrogens with zero attached hydrogens (tertiary/aromatic N) is 1. The van der Waals surface area contributed by atoms with Crippen LogP contribution in [0.2, 0.25) is 0 Å². The highest BCUT2D eigenvalue weighted by Gasteiger charge is 2.29. The summed E-state index contributed by atoms with van der Waals surface area (Å²) in [5.41, 5.74) is 2.48. The Morgan fingerprint density at radius 2 is 1.79 bits per heavy atom. The third kappa shape index (κ3) is 5.65. The second-order valence-corrected chi connectivity index (χ2v) is 9.35. The number of benzene rings is 2. The van der Waals surface area contributed by atoms with Crippen molar-refractivity contribution in [2.45, 2.75) is 26.1 Å². The summed E-state index contributed by atoms with van der Waals surface area (Å²) < 4.78 is 32.8. The molecule has 0 spiro atoms. The summed E-state index contributed by atoms with van der Waals surface area (Å²) in [6.07, 6.45) is 0. The largest absolute Gasteiger partial charge is 0.493 e. The van der Waals surface area contributed by atoms with E-state index in [0.29, 0.717) is 31.8 Å². The third-order valence-electron chi connectivity index (χ3n) is 5.22. The Balaban J connectivity index is 1.64. The number of sulfonamides is 1. The molecule has 2 aromatic rings. The highest BCUT2D eigenvalue weighted by atomic mass is 32.2. The lowest BCUT2D eigenvalue weighted by atomic mass is 10.1. The van der Waals surface area contributed by atoms with Crippen molar-refractivity contribution in [3.8, 4) is 5.75 Å². The van der Waals surface area contributed by atoms with Crippen LogP contribution in [0.15, 0.2) is 48.5 Å². The van der Waals surface area contributed by atoms with E-state index in [2.05, 4.69) is 0 Å². The number of Topliss-reactive ketones (excluding diaryl/α,β-unsaturated/α-hetero) is 1. The second-order valence-electron chi connectivity index (χ2n) is 7.38. The van der Waals surface area contributed by atoms with Gasteiger partial charge in [0.2, 0.25) is 10.0 Å². The summed E-state index contributed by atoms with van der Waals surface area (Å²) in [6.45, 7) is 7.22. The van der Waals surface area contributed by atoms with Crippen LogP contribution in [-0.2, 0) is 22.3 Å². The van der Waals surface area contributed by atoms with Gasteiger partial charge in [-0.2, -0.15) is 4.31 Å². The van der Waals surface area contributed by atoms with Gasteiger partial charge >= 0.3 is 0 Å². The predicted molar refractivity (Wildman–Crippen MR) is 113 cm³/mol. The molecule has 1 saturated heterocycles. The zero-order valence-corrected chi connectivity index (χ0v) is 17.9. The average Bonchev–Trinajstić information content (AvgIpc) is 2.70. The van der Waals surface area contributed by atoms with Crippen molar-refractivity contribution in [3.05, 3.63) is 65.2 Å². The van der Waals surface area contributed by atoms with Gasteiger partial charge in [-0.25, -0.2) is 8.42 Å². The Labute approximate surface area is 173 Å². The maximum Gasteiger partial charge on any atom is 0.218 e. The van der Waals surface area contributed by atoms with Crippen molar-refractivity contribution < 1.29 is 22.8 Å². The molecule has 0 radical (unpaired) electrons. The van der Waals surface area contributed by atoms with Crippen LogP contribution in [0.5, 0.6) is 5.75 Å². The fraction of sp³-hybridized carbons (Fsp3) is 0.409. The molecule has 1 fully saturated rings. The maximum absolute atomic E-state index is 12.7.